The van der Waals surface area contributed by atoms with E-state index in [0.717, 1.165) is 29.7 Å². The summed E-state index contributed by atoms with van der Waals surface area (Å²) in [4.78, 5) is 14.8. The summed E-state index contributed by atoms with van der Waals surface area (Å²) in [5.74, 6) is 1.56. The Morgan fingerprint density at radius 2 is 1.83 bits per heavy atom. The number of carbonyl (C=O) groups is 1. The Bertz CT molecular complexity index is 752. The fourth-order valence-corrected chi connectivity index (χ4v) is 3.01. The number of para-hydroxylation sites is 1. The first-order chi connectivity index (χ1) is 11.3. The van der Waals surface area contributed by atoms with Gasteiger partial charge >= 0.3 is 0 Å². The van der Waals surface area contributed by atoms with E-state index < -0.39 is 0 Å². The number of nitrogens with zero attached hydrogens (tertiary/aromatic N) is 1. The minimum absolute atomic E-state index is 0.0134. The second kappa shape index (κ2) is 5.61. The number of ether oxygens (including phenoxy) is 2. The molecule has 23 heavy (non-hydrogen) atoms. The van der Waals surface area contributed by atoms with E-state index in [2.05, 4.69) is 6.07 Å². The highest BCUT2D eigenvalue weighted by Crippen LogP contribution is 2.34. The molecular weight excluding hydrogens is 290 g/mol. The van der Waals surface area contributed by atoms with E-state index in [1.165, 1.54) is 0 Å². The van der Waals surface area contributed by atoms with Gasteiger partial charge in [0.15, 0.2) is 0 Å². The van der Waals surface area contributed by atoms with E-state index >= 15 is 0 Å². The number of hydrogen-bond acceptors (Lipinski definition) is 3. The predicted molar refractivity (Wildman–Crippen MR) is 86.7 cm³/mol. The Labute approximate surface area is 135 Å². The monoisotopic (exact) mass is 309 g/mol. The van der Waals surface area contributed by atoms with Gasteiger partial charge in [-0.05, 0) is 36.6 Å². The summed E-state index contributed by atoms with van der Waals surface area (Å²) in [7, 11) is 1.67. The van der Waals surface area contributed by atoms with Crippen LogP contribution in [0.1, 0.15) is 34.3 Å². The van der Waals surface area contributed by atoms with Crippen molar-refractivity contribution in [3.05, 3.63) is 59.2 Å². The van der Waals surface area contributed by atoms with Gasteiger partial charge in [-0.2, -0.15) is 0 Å². The molecule has 0 spiro atoms. The fourth-order valence-electron chi connectivity index (χ4n) is 3.01. The summed E-state index contributed by atoms with van der Waals surface area (Å²) in [6, 6.07) is 13.5. The molecule has 0 bridgehead atoms. The van der Waals surface area contributed by atoms with Crippen molar-refractivity contribution >= 4 is 5.91 Å². The van der Waals surface area contributed by atoms with Gasteiger partial charge in [-0.1, -0.05) is 24.3 Å². The summed E-state index contributed by atoms with van der Waals surface area (Å²) in [5, 5.41) is 0. The first-order valence-electron chi connectivity index (χ1n) is 7.96. The van der Waals surface area contributed by atoms with Gasteiger partial charge in [0.05, 0.1) is 25.3 Å². The lowest BCUT2D eigenvalue weighted by atomic mass is 10.1. The molecule has 4 heteroatoms. The average Bonchev–Trinajstić information content (AvgIpc) is 3.28. The Balaban J connectivity index is 1.59. The Morgan fingerprint density at radius 3 is 2.61 bits per heavy atom. The van der Waals surface area contributed by atoms with Crippen molar-refractivity contribution in [3.63, 3.8) is 0 Å². The smallest absolute Gasteiger partial charge is 0.258 e. The normalized spacial score (nSPS) is 16.1. The van der Waals surface area contributed by atoms with Gasteiger partial charge in [0.2, 0.25) is 0 Å². The van der Waals surface area contributed by atoms with Crippen LogP contribution >= 0.6 is 0 Å². The number of hydrogen-bond donors (Lipinski definition) is 0. The Kier molecular flexibility index (Phi) is 3.45. The quantitative estimate of drug-likeness (QED) is 0.869. The second-order valence-corrected chi connectivity index (χ2v) is 6.07. The van der Waals surface area contributed by atoms with Crippen LogP contribution in [0.4, 0.5) is 0 Å². The summed E-state index contributed by atoms with van der Waals surface area (Å²) in [6.07, 6.45) is 2.43. The number of benzene rings is 2. The zero-order valence-corrected chi connectivity index (χ0v) is 13.1. The lowest BCUT2D eigenvalue weighted by molar-refractivity contribution is 0.0746. The van der Waals surface area contributed by atoms with Crippen LogP contribution in [0.25, 0.3) is 0 Å². The summed E-state index contributed by atoms with van der Waals surface area (Å²) >= 11 is 0. The number of methoxy groups -OCH3 is 1. The SMILES string of the molecule is COc1cccc2c1CN(C(=O)c1ccccc1OC1CC1)C2. The van der Waals surface area contributed by atoms with Crippen molar-refractivity contribution in [1.82, 2.24) is 4.90 Å². The molecule has 1 saturated carbocycles. The van der Waals surface area contributed by atoms with Crippen LogP contribution in [-0.4, -0.2) is 24.0 Å². The molecule has 1 fully saturated rings. The molecule has 0 unspecified atom stereocenters. The van der Waals surface area contributed by atoms with Crippen LogP contribution in [0, 0.1) is 0 Å². The van der Waals surface area contributed by atoms with Gasteiger partial charge in [-0.15, -0.1) is 0 Å². The molecule has 2 aromatic carbocycles. The molecule has 1 amide bonds. The van der Waals surface area contributed by atoms with Crippen LogP contribution in [-0.2, 0) is 13.1 Å². The van der Waals surface area contributed by atoms with Gasteiger partial charge in [0.1, 0.15) is 11.5 Å². The highest BCUT2D eigenvalue weighted by Gasteiger charge is 2.30. The summed E-state index contributed by atoms with van der Waals surface area (Å²) in [6.45, 7) is 1.19. The molecule has 0 aromatic heterocycles. The van der Waals surface area contributed by atoms with Crippen molar-refractivity contribution in [1.29, 1.82) is 0 Å². The maximum absolute atomic E-state index is 12.9. The third kappa shape index (κ3) is 2.65. The fraction of sp³-hybridized carbons (Fsp3) is 0.316. The molecule has 4 nitrogen and oxygen atoms in total. The summed E-state index contributed by atoms with van der Waals surface area (Å²) in [5.41, 5.74) is 2.90. The minimum atomic E-state index is 0.0134. The van der Waals surface area contributed by atoms with Crippen LogP contribution in [0.3, 0.4) is 0 Å². The maximum atomic E-state index is 12.9. The average molecular weight is 309 g/mol. The first-order valence-corrected chi connectivity index (χ1v) is 7.96. The van der Waals surface area contributed by atoms with Crippen molar-refractivity contribution in [3.8, 4) is 11.5 Å². The van der Waals surface area contributed by atoms with E-state index in [4.69, 9.17) is 9.47 Å². The summed E-state index contributed by atoms with van der Waals surface area (Å²) < 4.78 is 11.3. The third-order valence-electron chi connectivity index (χ3n) is 4.38. The molecule has 1 aliphatic carbocycles. The predicted octanol–water partition coefficient (Wildman–Crippen LogP) is 3.39. The van der Waals surface area contributed by atoms with Gasteiger partial charge in [0.25, 0.3) is 5.91 Å². The van der Waals surface area contributed by atoms with E-state index in [1.54, 1.807) is 7.11 Å². The van der Waals surface area contributed by atoms with Crippen molar-refractivity contribution < 1.29 is 14.3 Å². The molecule has 2 aliphatic rings. The molecule has 4 rings (SSSR count). The lowest BCUT2D eigenvalue weighted by Crippen LogP contribution is -2.26. The Hall–Kier alpha value is -2.49. The first kappa shape index (κ1) is 14.1. The number of carbonyl (C=O) groups excluding carboxylic acids is 1. The van der Waals surface area contributed by atoms with E-state index in [1.807, 2.05) is 41.3 Å². The largest absolute Gasteiger partial charge is 0.496 e. The van der Waals surface area contributed by atoms with Gasteiger partial charge in [0, 0.05) is 12.1 Å². The minimum Gasteiger partial charge on any atom is -0.496 e. The van der Waals surface area contributed by atoms with Gasteiger partial charge in [-0.3, -0.25) is 4.79 Å². The topological polar surface area (TPSA) is 38.8 Å². The molecule has 0 N–H and O–H groups in total. The number of fused-ring (bicyclic) bond motifs is 1. The van der Waals surface area contributed by atoms with Crippen molar-refractivity contribution in [2.45, 2.75) is 32.0 Å². The van der Waals surface area contributed by atoms with Gasteiger partial charge in [-0.25, -0.2) is 0 Å². The molecule has 0 saturated heterocycles. The Morgan fingerprint density at radius 1 is 1.04 bits per heavy atom. The van der Waals surface area contributed by atoms with Crippen LogP contribution in [0.5, 0.6) is 11.5 Å². The molecule has 2 aromatic rings. The van der Waals surface area contributed by atoms with E-state index in [-0.39, 0.29) is 12.0 Å². The number of rotatable bonds is 4. The van der Waals surface area contributed by atoms with Crippen molar-refractivity contribution in [2.24, 2.45) is 0 Å². The molecule has 0 atom stereocenters. The molecule has 1 aliphatic heterocycles. The lowest BCUT2D eigenvalue weighted by Gasteiger charge is -2.18. The highest BCUT2D eigenvalue weighted by molar-refractivity contribution is 5.97. The third-order valence-corrected chi connectivity index (χ3v) is 4.38. The maximum Gasteiger partial charge on any atom is 0.258 e. The molecule has 118 valence electrons. The zero-order chi connectivity index (χ0) is 15.8. The number of amides is 1. The van der Waals surface area contributed by atoms with Crippen LogP contribution in [0.2, 0.25) is 0 Å². The van der Waals surface area contributed by atoms with E-state index in [9.17, 15) is 4.79 Å². The standard InChI is InChI=1S/C19H19NO3/c1-22-17-8-4-5-13-11-20(12-16(13)17)19(21)15-6-2-3-7-18(15)23-14-9-10-14/h2-8,14H,9-12H2,1H3. The molecule has 0 radical (unpaired) electrons. The van der Waals surface area contributed by atoms with Crippen LogP contribution in [0.15, 0.2) is 42.5 Å². The van der Waals surface area contributed by atoms with Crippen molar-refractivity contribution in [2.75, 3.05) is 7.11 Å². The van der Waals surface area contributed by atoms with Gasteiger partial charge < -0.3 is 14.4 Å². The molecule has 1 heterocycles. The zero-order valence-electron chi connectivity index (χ0n) is 13.1. The van der Waals surface area contributed by atoms with Crippen LogP contribution < -0.4 is 9.47 Å². The molecular formula is C19H19NO3. The second-order valence-electron chi connectivity index (χ2n) is 6.07. The highest BCUT2D eigenvalue weighted by atomic mass is 16.5. The van der Waals surface area contributed by atoms with E-state index in [0.29, 0.717) is 24.4 Å².